The highest BCUT2D eigenvalue weighted by Gasteiger charge is 2.38. The largest absolute Gasteiger partial charge is 0.378 e. The first-order valence-electron chi connectivity index (χ1n) is 5.01. The van der Waals surface area contributed by atoms with Crippen LogP contribution >= 0.6 is 0 Å². The molecule has 1 aliphatic carbocycles. The van der Waals surface area contributed by atoms with E-state index in [-0.39, 0.29) is 5.60 Å². The number of likely N-dealkylation sites (N-methyl/N-ethyl adjacent to an activating group) is 1. The molecule has 0 amide bonds. The van der Waals surface area contributed by atoms with Crippen molar-refractivity contribution < 1.29 is 4.74 Å². The molecule has 1 fully saturated rings. The van der Waals surface area contributed by atoms with Crippen molar-refractivity contribution in [3.63, 3.8) is 0 Å². The number of ether oxygens (including phenoxy) is 1. The molecule has 0 heterocycles. The van der Waals surface area contributed by atoms with Gasteiger partial charge in [-0.3, -0.25) is 0 Å². The molecule has 2 nitrogen and oxygen atoms in total. The minimum Gasteiger partial charge on any atom is -0.378 e. The number of hydrogen-bond donors (Lipinski definition) is 1. The second kappa shape index (κ2) is 4.25. The maximum absolute atomic E-state index is 5.58. The van der Waals surface area contributed by atoms with E-state index in [1.165, 1.54) is 24.8 Å². The van der Waals surface area contributed by atoms with Crippen molar-refractivity contribution >= 4 is 0 Å². The molecular weight excluding hydrogens is 162 g/mol. The average Bonchev–Trinajstić information content (AvgIpc) is 2.03. The molecule has 1 aliphatic rings. The maximum atomic E-state index is 5.58. The zero-order valence-corrected chi connectivity index (χ0v) is 9.02. The van der Waals surface area contributed by atoms with Crippen LogP contribution in [0.4, 0.5) is 0 Å². The summed E-state index contributed by atoms with van der Waals surface area (Å²) in [6.07, 6.45) is 4.78. The lowest BCUT2D eigenvalue weighted by atomic mass is 9.75. The van der Waals surface area contributed by atoms with Crippen molar-refractivity contribution in [1.82, 2.24) is 5.32 Å². The van der Waals surface area contributed by atoms with Crippen molar-refractivity contribution in [3.8, 4) is 0 Å². The smallest absolute Gasteiger partial charge is 0.0696 e. The summed E-state index contributed by atoms with van der Waals surface area (Å²) in [5.41, 5.74) is 1.35. The van der Waals surface area contributed by atoms with Crippen molar-refractivity contribution in [3.05, 3.63) is 12.2 Å². The summed E-state index contributed by atoms with van der Waals surface area (Å²) >= 11 is 0. The average molecular weight is 183 g/mol. The van der Waals surface area contributed by atoms with Gasteiger partial charge in [0.15, 0.2) is 0 Å². The van der Waals surface area contributed by atoms with E-state index in [1.807, 2.05) is 14.2 Å². The molecule has 76 valence electrons. The molecule has 13 heavy (non-hydrogen) atoms. The molecule has 1 saturated carbocycles. The molecule has 0 aromatic heterocycles. The Labute approximate surface area is 81.4 Å². The normalized spacial score (nSPS) is 22.1. The summed E-state index contributed by atoms with van der Waals surface area (Å²) in [5, 5.41) is 3.28. The molecule has 0 aromatic carbocycles. The highest BCUT2D eigenvalue weighted by Crippen LogP contribution is 2.39. The summed E-state index contributed by atoms with van der Waals surface area (Å²) in [5.74, 6) is 0. The zero-order chi connectivity index (χ0) is 9.90. The topological polar surface area (TPSA) is 21.3 Å². The first-order chi connectivity index (χ1) is 6.13. The van der Waals surface area contributed by atoms with Crippen LogP contribution in [0.3, 0.4) is 0 Å². The van der Waals surface area contributed by atoms with E-state index in [1.54, 1.807) is 0 Å². The Hall–Kier alpha value is -0.340. The summed E-state index contributed by atoms with van der Waals surface area (Å²) in [4.78, 5) is 0. The van der Waals surface area contributed by atoms with Crippen LogP contribution in [0.15, 0.2) is 12.2 Å². The third kappa shape index (κ3) is 2.32. The highest BCUT2D eigenvalue weighted by atomic mass is 16.5. The van der Waals surface area contributed by atoms with Crippen LogP contribution in [0.1, 0.15) is 32.6 Å². The van der Waals surface area contributed by atoms with E-state index >= 15 is 0 Å². The predicted octanol–water partition coefficient (Wildman–Crippen LogP) is 2.11. The lowest BCUT2D eigenvalue weighted by Crippen LogP contribution is -2.45. The van der Waals surface area contributed by atoms with E-state index in [0.717, 1.165) is 6.42 Å². The minimum atomic E-state index is 0.145. The molecule has 0 aliphatic heterocycles. The number of methoxy groups -OCH3 is 1. The molecule has 1 unspecified atom stereocenters. The van der Waals surface area contributed by atoms with Gasteiger partial charge in [-0.25, -0.2) is 0 Å². The lowest BCUT2D eigenvalue weighted by molar-refractivity contribution is -0.0810. The third-order valence-corrected chi connectivity index (χ3v) is 3.22. The van der Waals surface area contributed by atoms with Gasteiger partial charge in [0, 0.05) is 13.2 Å². The molecule has 0 aromatic rings. The Morgan fingerprint density at radius 2 is 2.23 bits per heavy atom. The van der Waals surface area contributed by atoms with E-state index in [4.69, 9.17) is 4.74 Å². The minimum absolute atomic E-state index is 0.145. The van der Waals surface area contributed by atoms with Crippen molar-refractivity contribution in [2.24, 2.45) is 0 Å². The predicted molar refractivity (Wildman–Crippen MR) is 55.9 cm³/mol. The monoisotopic (exact) mass is 183 g/mol. The summed E-state index contributed by atoms with van der Waals surface area (Å²) in [6, 6.07) is 0.403. The first kappa shape index (κ1) is 10.7. The second-order valence-corrected chi connectivity index (χ2v) is 4.13. The maximum Gasteiger partial charge on any atom is 0.0696 e. The number of rotatable bonds is 5. The van der Waals surface area contributed by atoms with Gasteiger partial charge in [-0.05, 0) is 39.7 Å². The van der Waals surface area contributed by atoms with Gasteiger partial charge in [0.05, 0.1) is 5.60 Å². The molecule has 2 heteroatoms. The van der Waals surface area contributed by atoms with Crippen molar-refractivity contribution in [1.29, 1.82) is 0 Å². The Morgan fingerprint density at radius 1 is 1.62 bits per heavy atom. The van der Waals surface area contributed by atoms with Gasteiger partial charge in [-0.15, -0.1) is 0 Å². The van der Waals surface area contributed by atoms with E-state index in [9.17, 15) is 0 Å². The third-order valence-electron chi connectivity index (χ3n) is 3.22. The van der Waals surface area contributed by atoms with E-state index in [2.05, 4.69) is 18.8 Å². The van der Waals surface area contributed by atoms with Crippen LogP contribution in [0, 0.1) is 0 Å². The molecular formula is C11H21NO. The molecule has 0 spiro atoms. The van der Waals surface area contributed by atoms with E-state index in [0.29, 0.717) is 6.04 Å². The van der Waals surface area contributed by atoms with Gasteiger partial charge >= 0.3 is 0 Å². The van der Waals surface area contributed by atoms with Crippen LogP contribution in [0.5, 0.6) is 0 Å². The Morgan fingerprint density at radius 3 is 2.46 bits per heavy atom. The van der Waals surface area contributed by atoms with Gasteiger partial charge in [0.1, 0.15) is 0 Å². The quantitative estimate of drug-likeness (QED) is 0.659. The fourth-order valence-corrected chi connectivity index (χ4v) is 1.96. The van der Waals surface area contributed by atoms with Crippen LogP contribution in [0.2, 0.25) is 0 Å². The molecule has 1 rings (SSSR count). The van der Waals surface area contributed by atoms with Crippen LogP contribution < -0.4 is 5.32 Å². The molecule has 0 saturated heterocycles. The Balaban J connectivity index is 2.48. The van der Waals surface area contributed by atoms with Crippen LogP contribution in [-0.2, 0) is 4.74 Å². The van der Waals surface area contributed by atoms with Crippen molar-refractivity contribution in [2.75, 3.05) is 14.2 Å². The summed E-state index contributed by atoms with van der Waals surface area (Å²) in [6.45, 7) is 6.06. The van der Waals surface area contributed by atoms with Crippen LogP contribution in [0.25, 0.3) is 0 Å². The zero-order valence-electron chi connectivity index (χ0n) is 9.02. The Kier molecular flexibility index (Phi) is 3.51. The van der Waals surface area contributed by atoms with Crippen LogP contribution in [-0.4, -0.2) is 25.8 Å². The van der Waals surface area contributed by atoms with E-state index < -0.39 is 0 Å². The molecule has 0 bridgehead atoms. The molecule has 1 atom stereocenters. The molecule has 1 N–H and O–H groups in total. The first-order valence-corrected chi connectivity index (χ1v) is 5.01. The van der Waals surface area contributed by atoms with Crippen molar-refractivity contribution in [2.45, 2.75) is 44.2 Å². The summed E-state index contributed by atoms with van der Waals surface area (Å²) in [7, 11) is 3.81. The van der Waals surface area contributed by atoms with Gasteiger partial charge in [0.25, 0.3) is 0 Å². The highest BCUT2D eigenvalue weighted by molar-refractivity contribution is 5.06. The number of nitrogens with one attached hydrogen (secondary N) is 1. The number of hydrogen-bond acceptors (Lipinski definition) is 2. The SMILES string of the molecule is C=C(C)C(CC1(OC)CCC1)NC. The fraction of sp³-hybridized carbons (Fsp3) is 0.818. The molecule has 0 radical (unpaired) electrons. The second-order valence-electron chi connectivity index (χ2n) is 4.13. The fourth-order valence-electron chi connectivity index (χ4n) is 1.96. The van der Waals surface area contributed by atoms with Gasteiger partial charge < -0.3 is 10.1 Å². The standard InChI is InChI=1S/C11H21NO/c1-9(2)10(12-3)8-11(13-4)6-5-7-11/h10,12H,1,5-8H2,2-4H3. The summed E-state index contributed by atoms with van der Waals surface area (Å²) < 4.78 is 5.58. The lowest BCUT2D eigenvalue weighted by Gasteiger charge is -2.43. The van der Waals surface area contributed by atoms with Gasteiger partial charge in [0.2, 0.25) is 0 Å². The van der Waals surface area contributed by atoms with Gasteiger partial charge in [-0.2, -0.15) is 0 Å². The Bertz CT molecular complexity index is 179. The van der Waals surface area contributed by atoms with Gasteiger partial charge in [-0.1, -0.05) is 12.2 Å².